The van der Waals surface area contributed by atoms with Gasteiger partial charge in [0.15, 0.2) is 0 Å². The third-order valence-electron chi connectivity index (χ3n) is 3.83. The second-order valence-corrected chi connectivity index (χ2v) is 5.36. The molecule has 2 rings (SSSR count). The monoisotopic (exact) mass is 307 g/mol. The van der Waals surface area contributed by atoms with E-state index in [1.54, 1.807) is 13.2 Å². The van der Waals surface area contributed by atoms with Gasteiger partial charge in [-0.2, -0.15) is 0 Å². The quantitative estimate of drug-likeness (QED) is 0.788. The Labute approximate surface area is 129 Å². The summed E-state index contributed by atoms with van der Waals surface area (Å²) in [4.78, 5) is 23.4. The average Bonchev–Trinajstić information content (AvgIpc) is 3.05. The van der Waals surface area contributed by atoms with Crippen LogP contribution in [0.2, 0.25) is 0 Å². The summed E-state index contributed by atoms with van der Waals surface area (Å²) >= 11 is 0. The Kier molecular flexibility index (Phi) is 5.77. The first kappa shape index (κ1) is 16.3. The summed E-state index contributed by atoms with van der Waals surface area (Å²) in [5.74, 6) is -1.27. The third kappa shape index (κ3) is 4.21. The Bertz CT molecular complexity index is 525. The number of carboxylic acid groups (broad SMARTS) is 1. The topological polar surface area (TPSA) is 84.9 Å². The predicted octanol–water partition coefficient (Wildman–Crippen LogP) is 1.09. The van der Waals surface area contributed by atoms with E-state index in [1.807, 2.05) is 18.2 Å². The molecule has 0 bridgehead atoms. The molecule has 0 radical (unpaired) electrons. The van der Waals surface area contributed by atoms with Gasteiger partial charge in [0, 0.05) is 13.2 Å². The van der Waals surface area contributed by atoms with Crippen molar-refractivity contribution in [2.75, 3.05) is 26.9 Å². The van der Waals surface area contributed by atoms with E-state index in [0.717, 1.165) is 5.56 Å². The molecule has 0 spiro atoms. The smallest absolute Gasteiger partial charge is 0.308 e. The number of benzene rings is 1. The molecule has 1 aromatic carbocycles. The molecule has 1 fully saturated rings. The van der Waals surface area contributed by atoms with Crippen molar-refractivity contribution in [1.82, 2.24) is 5.32 Å². The molecule has 2 atom stereocenters. The highest BCUT2D eigenvalue weighted by Crippen LogP contribution is 2.21. The second kappa shape index (κ2) is 7.79. The molecule has 1 aliphatic rings. The Balaban J connectivity index is 1.95. The van der Waals surface area contributed by atoms with Crippen molar-refractivity contribution in [1.29, 1.82) is 0 Å². The predicted molar refractivity (Wildman–Crippen MR) is 79.8 cm³/mol. The number of rotatable bonds is 7. The molecule has 0 saturated carbocycles. The van der Waals surface area contributed by atoms with Crippen molar-refractivity contribution in [3.63, 3.8) is 0 Å². The summed E-state index contributed by atoms with van der Waals surface area (Å²) in [6.07, 6.45) is 0.997. The maximum absolute atomic E-state index is 11.9. The van der Waals surface area contributed by atoms with Gasteiger partial charge in [-0.3, -0.25) is 9.59 Å². The first-order chi connectivity index (χ1) is 10.6. The number of carboxylic acids is 1. The number of para-hydroxylation sites is 1. The number of aliphatic carboxylic acids is 1. The van der Waals surface area contributed by atoms with E-state index >= 15 is 0 Å². The van der Waals surface area contributed by atoms with Crippen molar-refractivity contribution < 1.29 is 24.2 Å². The minimum Gasteiger partial charge on any atom is -0.496 e. The SMILES string of the molecule is COc1ccccc1CC(CNC(=O)C1CCOC1)C(=O)O. The third-order valence-corrected chi connectivity index (χ3v) is 3.83. The number of amides is 1. The Hall–Kier alpha value is -2.08. The van der Waals surface area contributed by atoms with Crippen molar-refractivity contribution >= 4 is 11.9 Å². The Morgan fingerprint density at radius 1 is 1.45 bits per heavy atom. The van der Waals surface area contributed by atoms with Gasteiger partial charge < -0.3 is 19.9 Å². The van der Waals surface area contributed by atoms with E-state index < -0.39 is 11.9 Å². The molecule has 1 saturated heterocycles. The van der Waals surface area contributed by atoms with Gasteiger partial charge in [0.25, 0.3) is 0 Å². The van der Waals surface area contributed by atoms with Gasteiger partial charge in [0.1, 0.15) is 5.75 Å². The number of carbonyl (C=O) groups excluding carboxylic acids is 1. The summed E-state index contributed by atoms with van der Waals surface area (Å²) in [6, 6.07) is 7.30. The summed E-state index contributed by atoms with van der Waals surface area (Å²) in [5.41, 5.74) is 0.816. The standard InChI is InChI=1S/C16H21NO5/c1-21-14-5-3-2-4-11(14)8-13(16(19)20)9-17-15(18)12-6-7-22-10-12/h2-5,12-13H,6-10H2,1H3,(H,17,18)(H,19,20). The van der Waals surface area contributed by atoms with Gasteiger partial charge in [0.2, 0.25) is 5.91 Å². The van der Waals surface area contributed by atoms with E-state index in [1.165, 1.54) is 0 Å². The number of hydrogen-bond donors (Lipinski definition) is 2. The van der Waals surface area contributed by atoms with Crippen LogP contribution in [0.5, 0.6) is 5.75 Å². The van der Waals surface area contributed by atoms with Gasteiger partial charge >= 0.3 is 5.97 Å². The molecule has 1 heterocycles. The fourth-order valence-corrected chi connectivity index (χ4v) is 2.49. The van der Waals surface area contributed by atoms with Crippen LogP contribution in [-0.2, 0) is 20.7 Å². The molecular formula is C16H21NO5. The summed E-state index contributed by atoms with van der Waals surface area (Å²) < 4.78 is 10.4. The normalized spacial score (nSPS) is 18.7. The van der Waals surface area contributed by atoms with Crippen LogP contribution in [0.15, 0.2) is 24.3 Å². The van der Waals surface area contributed by atoms with Crippen LogP contribution in [0, 0.1) is 11.8 Å². The number of ether oxygens (including phenoxy) is 2. The molecule has 6 nitrogen and oxygen atoms in total. The zero-order valence-electron chi connectivity index (χ0n) is 12.6. The van der Waals surface area contributed by atoms with Crippen LogP contribution in [0.3, 0.4) is 0 Å². The highest BCUT2D eigenvalue weighted by Gasteiger charge is 2.26. The molecule has 22 heavy (non-hydrogen) atoms. The maximum atomic E-state index is 11.9. The van der Waals surface area contributed by atoms with Crippen LogP contribution in [0.25, 0.3) is 0 Å². The largest absolute Gasteiger partial charge is 0.496 e. The second-order valence-electron chi connectivity index (χ2n) is 5.36. The fraction of sp³-hybridized carbons (Fsp3) is 0.500. The zero-order valence-corrected chi connectivity index (χ0v) is 12.6. The van der Waals surface area contributed by atoms with E-state index in [-0.39, 0.29) is 18.4 Å². The molecule has 2 N–H and O–H groups in total. The van der Waals surface area contributed by atoms with Crippen molar-refractivity contribution in [2.45, 2.75) is 12.8 Å². The first-order valence-corrected chi connectivity index (χ1v) is 7.32. The molecule has 0 aromatic heterocycles. The minimum absolute atomic E-state index is 0.0999. The van der Waals surface area contributed by atoms with Crippen molar-refractivity contribution in [2.24, 2.45) is 11.8 Å². The lowest BCUT2D eigenvalue weighted by Crippen LogP contribution is -2.37. The van der Waals surface area contributed by atoms with Crippen LogP contribution in [0.1, 0.15) is 12.0 Å². The highest BCUT2D eigenvalue weighted by atomic mass is 16.5. The van der Waals surface area contributed by atoms with Crippen LogP contribution < -0.4 is 10.1 Å². The lowest BCUT2D eigenvalue weighted by Gasteiger charge is -2.16. The molecular weight excluding hydrogens is 286 g/mol. The molecule has 2 unspecified atom stereocenters. The molecule has 1 amide bonds. The van der Waals surface area contributed by atoms with Gasteiger partial charge in [-0.05, 0) is 24.5 Å². The van der Waals surface area contributed by atoms with E-state index in [2.05, 4.69) is 5.32 Å². The zero-order chi connectivity index (χ0) is 15.9. The van der Waals surface area contributed by atoms with Gasteiger partial charge in [-0.25, -0.2) is 0 Å². The van der Waals surface area contributed by atoms with Crippen LogP contribution in [-0.4, -0.2) is 43.9 Å². The van der Waals surface area contributed by atoms with E-state index in [9.17, 15) is 14.7 Å². The molecule has 120 valence electrons. The highest BCUT2D eigenvalue weighted by molar-refractivity contribution is 5.80. The summed E-state index contributed by atoms with van der Waals surface area (Å²) in [5, 5.41) is 12.1. The summed E-state index contributed by atoms with van der Waals surface area (Å²) in [6.45, 7) is 1.10. The van der Waals surface area contributed by atoms with Crippen LogP contribution >= 0.6 is 0 Å². The van der Waals surface area contributed by atoms with Crippen LogP contribution in [0.4, 0.5) is 0 Å². The van der Waals surface area contributed by atoms with Gasteiger partial charge in [-0.1, -0.05) is 18.2 Å². The van der Waals surface area contributed by atoms with E-state index in [0.29, 0.717) is 31.8 Å². The molecule has 0 aliphatic carbocycles. The number of methoxy groups -OCH3 is 1. The number of nitrogens with one attached hydrogen (secondary N) is 1. The molecule has 6 heteroatoms. The van der Waals surface area contributed by atoms with Gasteiger partial charge in [0.05, 0.1) is 25.6 Å². The Morgan fingerprint density at radius 2 is 2.23 bits per heavy atom. The van der Waals surface area contributed by atoms with Gasteiger partial charge in [-0.15, -0.1) is 0 Å². The molecule has 1 aromatic rings. The first-order valence-electron chi connectivity index (χ1n) is 7.32. The summed E-state index contributed by atoms with van der Waals surface area (Å²) in [7, 11) is 1.55. The molecule has 1 aliphatic heterocycles. The number of hydrogen-bond acceptors (Lipinski definition) is 4. The minimum atomic E-state index is -0.936. The maximum Gasteiger partial charge on any atom is 0.308 e. The van der Waals surface area contributed by atoms with Crippen molar-refractivity contribution in [3.8, 4) is 5.75 Å². The lowest BCUT2D eigenvalue weighted by molar-refractivity contribution is -0.141. The Morgan fingerprint density at radius 3 is 2.86 bits per heavy atom. The van der Waals surface area contributed by atoms with E-state index in [4.69, 9.17) is 9.47 Å². The average molecular weight is 307 g/mol. The van der Waals surface area contributed by atoms with Crippen molar-refractivity contribution in [3.05, 3.63) is 29.8 Å². The number of carbonyl (C=O) groups is 2. The lowest BCUT2D eigenvalue weighted by atomic mass is 9.98. The fourth-order valence-electron chi connectivity index (χ4n) is 2.49.